The minimum absolute atomic E-state index is 0.281. The summed E-state index contributed by atoms with van der Waals surface area (Å²) >= 11 is 5.92. The molecule has 0 aliphatic heterocycles. The SMILES string of the molecule is CCc1c(F)cc(NC(=O)OC(C)(C)C)cc1Cl. The maximum Gasteiger partial charge on any atom is 0.412 e. The van der Waals surface area contributed by atoms with Gasteiger partial charge in [0.05, 0.1) is 0 Å². The summed E-state index contributed by atoms with van der Waals surface area (Å²) in [6.45, 7) is 7.06. The number of carbonyl (C=O) groups excluding carboxylic acids is 1. The highest BCUT2D eigenvalue weighted by Crippen LogP contribution is 2.25. The van der Waals surface area contributed by atoms with E-state index in [-0.39, 0.29) is 5.69 Å². The van der Waals surface area contributed by atoms with Crippen LogP contribution in [0.3, 0.4) is 0 Å². The van der Waals surface area contributed by atoms with E-state index in [1.165, 1.54) is 12.1 Å². The molecule has 1 N–H and O–H groups in total. The molecule has 1 rings (SSSR count). The van der Waals surface area contributed by atoms with Crippen LogP contribution in [0.25, 0.3) is 0 Å². The summed E-state index contributed by atoms with van der Waals surface area (Å²) < 4.78 is 18.7. The van der Waals surface area contributed by atoms with Gasteiger partial charge in [0, 0.05) is 16.3 Å². The Morgan fingerprint density at radius 2 is 2.06 bits per heavy atom. The van der Waals surface area contributed by atoms with Gasteiger partial charge in [0.2, 0.25) is 0 Å². The lowest BCUT2D eigenvalue weighted by Gasteiger charge is -2.19. The lowest BCUT2D eigenvalue weighted by atomic mass is 10.1. The Balaban J connectivity index is 2.83. The van der Waals surface area contributed by atoms with E-state index in [1.54, 1.807) is 20.8 Å². The second kappa shape index (κ2) is 5.57. The van der Waals surface area contributed by atoms with Crippen molar-refractivity contribution in [1.82, 2.24) is 0 Å². The molecule has 18 heavy (non-hydrogen) atoms. The highest BCUT2D eigenvalue weighted by Gasteiger charge is 2.17. The minimum Gasteiger partial charge on any atom is -0.444 e. The van der Waals surface area contributed by atoms with Gasteiger partial charge in [-0.1, -0.05) is 18.5 Å². The number of hydrogen-bond donors (Lipinski definition) is 1. The highest BCUT2D eigenvalue weighted by atomic mass is 35.5. The van der Waals surface area contributed by atoms with Gasteiger partial charge in [-0.05, 0) is 39.3 Å². The van der Waals surface area contributed by atoms with Crippen LogP contribution in [0.1, 0.15) is 33.3 Å². The van der Waals surface area contributed by atoms with Crippen LogP contribution in [0.2, 0.25) is 5.02 Å². The zero-order valence-corrected chi connectivity index (χ0v) is 11.7. The van der Waals surface area contributed by atoms with Gasteiger partial charge in [-0.2, -0.15) is 0 Å². The summed E-state index contributed by atoms with van der Waals surface area (Å²) in [6, 6.07) is 2.74. The Hall–Kier alpha value is -1.29. The lowest BCUT2D eigenvalue weighted by Crippen LogP contribution is -2.27. The van der Waals surface area contributed by atoms with Crippen LogP contribution in [0.15, 0.2) is 12.1 Å². The van der Waals surface area contributed by atoms with E-state index in [9.17, 15) is 9.18 Å². The third-order valence-corrected chi connectivity index (χ3v) is 2.48. The van der Waals surface area contributed by atoms with Gasteiger partial charge >= 0.3 is 6.09 Å². The normalized spacial score (nSPS) is 11.2. The second-order valence-electron chi connectivity index (χ2n) is 4.90. The fourth-order valence-corrected chi connectivity index (χ4v) is 1.78. The van der Waals surface area contributed by atoms with E-state index in [1.807, 2.05) is 6.92 Å². The van der Waals surface area contributed by atoms with E-state index in [4.69, 9.17) is 16.3 Å². The Kier molecular flexibility index (Phi) is 4.57. The predicted octanol–water partition coefficient (Wildman–Crippen LogP) is 4.39. The first kappa shape index (κ1) is 14.8. The lowest BCUT2D eigenvalue weighted by molar-refractivity contribution is 0.0636. The van der Waals surface area contributed by atoms with Crippen LogP contribution in [0, 0.1) is 5.82 Å². The smallest absolute Gasteiger partial charge is 0.412 e. The summed E-state index contributed by atoms with van der Waals surface area (Å²) in [5, 5.41) is 2.74. The van der Waals surface area contributed by atoms with E-state index >= 15 is 0 Å². The first-order valence-corrected chi connectivity index (χ1v) is 6.08. The fourth-order valence-electron chi connectivity index (χ4n) is 1.43. The topological polar surface area (TPSA) is 38.3 Å². The highest BCUT2D eigenvalue weighted by molar-refractivity contribution is 6.31. The molecule has 0 radical (unpaired) electrons. The third-order valence-electron chi connectivity index (χ3n) is 2.14. The average molecular weight is 274 g/mol. The van der Waals surface area contributed by atoms with Crippen molar-refractivity contribution >= 4 is 23.4 Å². The summed E-state index contributed by atoms with van der Waals surface area (Å²) in [6.07, 6.45) is -0.139. The molecule has 1 amide bonds. The number of benzene rings is 1. The van der Waals surface area contributed by atoms with Crippen LogP contribution in [0.5, 0.6) is 0 Å². The maximum atomic E-state index is 13.6. The molecule has 0 spiro atoms. The van der Waals surface area contributed by atoms with Crippen LogP contribution in [-0.2, 0) is 11.2 Å². The zero-order valence-electron chi connectivity index (χ0n) is 10.9. The molecule has 0 aliphatic carbocycles. The van der Waals surface area contributed by atoms with Crippen molar-refractivity contribution in [3.05, 3.63) is 28.5 Å². The van der Waals surface area contributed by atoms with Gasteiger partial charge < -0.3 is 4.74 Å². The summed E-state index contributed by atoms with van der Waals surface area (Å²) in [4.78, 5) is 11.5. The summed E-state index contributed by atoms with van der Waals surface area (Å²) in [7, 11) is 0. The van der Waals surface area contributed by atoms with Gasteiger partial charge in [0.1, 0.15) is 11.4 Å². The molecule has 0 unspecified atom stereocenters. The average Bonchev–Trinajstić information content (AvgIpc) is 2.13. The minimum atomic E-state index is -0.637. The standard InChI is InChI=1S/C13H17ClFNO2/c1-5-9-10(14)6-8(7-11(9)15)16-12(17)18-13(2,3)4/h6-7H,5H2,1-4H3,(H,16,17). The van der Waals surface area contributed by atoms with Gasteiger partial charge in [-0.3, -0.25) is 5.32 Å². The number of anilines is 1. The molecule has 100 valence electrons. The Morgan fingerprint density at radius 1 is 1.44 bits per heavy atom. The van der Waals surface area contributed by atoms with Crippen molar-refractivity contribution in [2.24, 2.45) is 0 Å². The van der Waals surface area contributed by atoms with Crippen molar-refractivity contribution in [2.75, 3.05) is 5.32 Å². The maximum absolute atomic E-state index is 13.6. The molecule has 0 bridgehead atoms. The largest absolute Gasteiger partial charge is 0.444 e. The van der Waals surface area contributed by atoms with Crippen LogP contribution < -0.4 is 5.32 Å². The van der Waals surface area contributed by atoms with E-state index < -0.39 is 17.5 Å². The summed E-state index contributed by atoms with van der Waals surface area (Å²) in [5.41, 5.74) is 0.117. The van der Waals surface area contributed by atoms with Crippen molar-refractivity contribution < 1.29 is 13.9 Å². The number of amides is 1. The van der Waals surface area contributed by atoms with Gasteiger partial charge in [-0.15, -0.1) is 0 Å². The molecule has 1 aromatic rings. The molecular weight excluding hydrogens is 257 g/mol. The van der Waals surface area contributed by atoms with E-state index in [2.05, 4.69) is 5.32 Å². The Morgan fingerprint density at radius 3 is 2.50 bits per heavy atom. The Labute approximate surface area is 111 Å². The van der Waals surface area contributed by atoms with Crippen LogP contribution in [-0.4, -0.2) is 11.7 Å². The van der Waals surface area contributed by atoms with Crippen molar-refractivity contribution in [2.45, 2.75) is 39.7 Å². The molecule has 0 atom stereocenters. The number of rotatable bonds is 2. The number of halogens is 2. The van der Waals surface area contributed by atoms with Gasteiger partial charge in [-0.25, -0.2) is 9.18 Å². The number of ether oxygens (including phenoxy) is 1. The van der Waals surface area contributed by atoms with Gasteiger partial charge in [0.15, 0.2) is 0 Å². The summed E-state index contributed by atoms with van der Waals surface area (Å²) in [5.74, 6) is -0.434. The number of nitrogens with one attached hydrogen (secondary N) is 1. The first-order valence-electron chi connectivity index (χ1n) is 5.71. The van der Waals surface area contributed by atoms with Crippen LogP contribution in [0.4, 0.5) is 14.9 Å². The molecule has 0 saturated heterocycles. The van der Waals surface area contributed by atoms with Gasteiger partial charge in [0.25, 0.3) is 0 Å². The molecular formula is C13H17ClFNO2. The second-order valence-corrected chi connectivity index (χ2v) is 5.31. The molecule has 0 aliphatic rings. The van der Waals surface area contributed by atoms with Crippen molar-refractivity contribution in [1.29, 1.82) is 0 Å². The molecule has 0 fully saturated rings. The molecule has 0 aromatic heterocycles. The molecule has 0 saturated carbocycles. The fraction of sp³-hybridized carbons (Fsp3) is 0.462. The molecule has 1 aromatic carbocycles. The monoisotopic (exact) mass is 273 g/mol. The Bertz CT molecular complexity index is 432. The van der Waals surface area contributed by atoms with Crippen molar-refractivity contribution in [3.8, 4) is 0 Å². The van der Waals surface area contributed by atoms with E-state index in [0.717, 1.165) is 0 Å². The zero-order chi connectivity index (χ0) is 13.9. The van der Waals surface area contributed by atoms with Crippen LogP contribution >= 0.6 is 11.6 Å². The molecule has 3 nitrogen and oxygen atoms in total. The quantitative estimate of drug-likeness (QED) is 0.868. The van der Waals surface area contributed by atoms with Crippen molar-refractivity contribution in [3.63, 3.8) is 0 Å². The molecule has 5 heteroatoms. The number of hydrogen-bond acceptors (Lipinski definition) is 2. The number of carbonyl (C=O) groups is 1. The third kappa shape index (κ3) is 4.18. The van der Waals surface area contributed by atoms with E-state index in [0.29, 0.717) is 17.0 Å². The predicted molar refractivity (Wildman–Crippen MR) is 70.6 cm³/mol. The first-order chi connectivity index (χ1) is 8.23. The molecule has 0 heterocycles.